The van der Waals surface area contributed by atoms with E-state index >= 15 is 0 Å². The Morgan fingerprint density at radius 2 is 2.17 bits per heavy atom. The van der Waals surface area contributed by atoms with Gasteiger partial charge in [0.25, 0.3) is 0 Å². The van der Waals surface area contributed by atoms with E-state index in [9.17, 15) is 9.59 Å². The van der Waals surface area contributed by atoms with Crippen LogP contribution in [0.15, 0.2) is 0 Å². The van der Waals surface area contributed by atoms with E-state index < -0.39 is 6.09 Å². The Balaban J connectivity index is 3.19. The summed E-state index contributed by atoms with van der Waals surface area (Å²) >= 11 is 0. The summed E-state index contributed by atoms with van der Waals surface area (Å²) in [4.78, 5) is 20.9. The van der Waals surface area contributed by atoms with Crippen molar-refractivity contribution in [2.75, 3.05) is 13.2 Å². The Morgan fingerprint density at radius 3 is 2.67 bits per heavy atom. The van der Waals surface area contributed by atoms with Crippen molar-refractivity contribution in [3.8, 4) is 0 Å². The lowest BCUT2D eigenvalue weighted by molar-refractivity contribution is -0.121. The SMILES string of the molecule is CCCC(=O)NCCOC(N)=O. The zero-order chi connectivity index (χ0) is 9.40. The van der Waals surface area contributed by atoms with Crippen molar-refractivity contribution in [2.45, 2.75) is 19.8 Å². The van der Waals surface area contributed by atoms with Crippen LogP contribution in [0.25, 0.3) is 0 Å². The van der Waals surface area contributed by atoms with E-state index in [1.165, 1.54) is 0 Å². The molecule has 0 aromatic carbocycles. The van der Waals surface area contributed by atoms with Crippen LogP contribution < -0.4 is 11.1 Å². The Hall–Kier alpha value is -1.26. The summed E-state index contributed by atoms with van der Waals surface area (Å²) in [6.07, 6.45) is 0.485. The van der Waals surface area contributed by atoms with Crippen LogP contribution in [0.5, 0.6) is 0 Å². The number of nitrogens with two attached hydrogens (primary N) is 1. The maximum Gasteiger partial charge on any atom is 0.404 e. The molecule has 0 aromatic rings. The molecule has 0 aliphatic rings. The van der Waals surface area contributed by atoms with Crippen molar-refractivity contribution in [1.82, 2.24) is 5.32 Å². The quantitative estimate of drug-likeness (QED) is 0.575. The van der Waals surface area contributed by atoms with Gasteiger partial charge in [-0.3, -0.25) is 4.79 Å². The number of nitrogens with one attached hydrogen (secondary N) is 1. The van der Waals surface area contributed by atoms with Crippen LogP contribution in [0.2, 0.25) is 0 Å². The van der Waals surface area contributed by atoms with Crippen molar-refractivity contribution >= 4 is 12.0 Å². The van der Waals surface area contributed by atoms with Crippen molar-refractivity contribution in [1.29, 1.82) is 0 Å². The molecule has 0 saturated heterocycles. The lowest BCUT2D eigenvalue weighted by Crippen LogP contribution is -2.28. The Labute approximate surface area is 71.3 Å². The van der Waals surface area contributed by atoms with Gasteiger partial charge in [-0.15, -0.1) is 0 Å². The summed E-state index contributed by atoms with van der Waals surface area (Å²) < 4.78 is 4.39. The number of rotatable bonds is 5. The average molecular weight is 174 g/mol. The second-order valence-corrected chi connectivity index (χ2v) is 2.27. The second kappa shape index (κ2) is 6.45. The van der Waals surface area contributed by atoms with Gasteiger partial charge < -0.3 is 15.8 Å². The minimum absolute atomic E-state index is 0.0365. The number of primary amides is 1. The third-order valence-electron chi connectivity index (χ3n) is 1.15. The molecule has 0 heterocycles. The first-order valence-electron chi connectivity index (χ1n) is 3.85. The highest BCUT2D eigenvalue weighted by atomic mass is 16.5. The lowest BCUT2D eigenvalue weighted by Gasteiger charge is -2.03. The predicted molar refractivity (Wildman–Crippen MR) is 43.5 cm³/mol. The van der Waals surface area contributed by atoms with E-state index in [1.807, 2.05) is 6.92 Å². The molecule has 2 amide bonds. The normalized spacial score (nSPS) is 9.08. The van der Waals surface area contributed by atoms with E-state index in [0.717, 1.165) is 6.42 Å². The van der Waals surface area contributed by atoms with E-state index in [4.69, 9.17) is 5.73 Å². The molecular formula is C7H14N2O3. The minimum Gasteiger partial charge on any atom is -0.448 e. The third kappa shape index (κ3) is 6.85. The molecule has 3 N–H and O–H groups in total. The highest BCUT2D eigenvalue weighted by molar-refractivity contribution is 5.75. The molecule has 12 heavy (non-hydrogen) atoms. The highest BCUT2D eigenvalue weighted by Gasteiger charge is 1.98. The number of hydrogen-bond acceptors (Lipinski definition) is 3. The van der Waals surface area contributed by atoms with Crippen LogP contribution in [0.4, 0.5) is 4.79 Å². The van der Waals surface area contributed by atoms with Gasteiger partial charge in [-0.25, -0.2) is 4.79 Å². The van der Waals surface area contributed by atoms with Gasteiger partial charge in [-0.05, 0) is 6.42 Å². The molecule has 0 saturated carbocycles. The number of ether oxygens (including phenoxy) is 1. The van der Waals surface area contributed by atoms with Crippen molar-refractivity contribution in [3.05, 3.63) is 0 Å². The molecule has 0 radical (unpaired) electrons. The molecule has 0 rings (SSSR count). The first-order valence-corrected chi connectivity index (χ1v) is 3.85. The van der Waals surface area contributed by atoms with Crippen LogP contribution >= 0.6 is 0 Å². The van der Waals surface area contributed by atoms with Crippen molar-refractivity contribution < 1.29 is 14.3 Å². The van der Waals surface area contributed by atoms with Crippen LogP contribution in [-0.2, 0) is 9.53 Å². The van der Waals surface area contributed by atoms with Gasteiger partial charge in [-0.1, -0.05) is 6.92 Å². The molecule has 70 valence electrons. The van der Waals surface area contributed by atoms with E-state index in [2.05, 4.69) is 10.1 Å². The standard InChI is InChI=1S/C7H14N2O3/c1-2-3-6(10)9-4-5-12-7(8)11/h2-5H2,1H3,(H2,8,11)(H,9,10). The average Bonchev–Trinajstić information content (AvgIpc) is 1.98. The molecule has 5 heteroatoms. The molecule has 0 aliphatic heterocycles. The molecule has 0 atom stereocenters. The molecule has 0 spiro atoms. The minimum atomic E-state index is -0.820. The molecule has 0 unspecified atom stereocenters. The predicted octanol–water partition coefficient (Wildman–Crippen LogP) is -0.00200. The summed E-state index contributed by atoms with van der Waals surface area (Å²) in [7, 11) is 0. The molecule has 0 fully saturated rings. The first-order chi connectivity index (χ1) is 5.66. The molecule has 0 bridgehead atoms. The molecule has 0 aliphatic carbocycles. The molecule has 0 aromatic heterocycles. The topological polar surface area (TPSA) is 81.4 Å². The monoisotopic (exact) mass is 174 g/mol. The summed E-state index contributed by atoms with van der Waals surface area (Å²) in [5, 5.41) is 2.57. The van der Waals surface area contributed by atoms with Gasteiger partial charge in [0.1, 0.15) is 6.61 Å². The lowest BCUT2D eigenvalue weighted by atomic mass is 10.3. The van der Waals surface area contributed by atoms with Crippen LogP contribution in [0.1, 0.15) is 19.8 Å². The van der Waals surface area contributed by atoms with Gasteiger partial charge in [0, 0.05) is 6.42 Å². The number of amides is 2. The van der Waals surface area contributed by atoms with Crippen molar-refractivity contribution in [2.24, 2.45) is 5.73 Å². The fourth-order valence-electron chi connectivity index (χ4n) is 0.658. The summed E-state index contributed by atoms with van der Waals surface area (Å²) in [5.74, 6) is -0.0365. The Kier molecular flexibility index (Phi) is 5.77. The maximum atomic E-state index is 10.8. The smallest absolute Gasteiger partial charge is 0.404 e. The zero-order valence-electron chi connectivity index (χ0n) is 7.13. The van der Waals surface area contributed by atoms with Gasteiger partial charge in [0.05, 0.1) is 6.54 Å². The fourth-order valence-corrected chi connectivity index (χ4v) is 0.658. The summed E-state index contributed by atoms with van der Waals surface area (Å²) in [5.41, 5.74) is 4.69. The van der Waals surface area contributed by atoms with E-state index in [1.54, 1.807) is 0 Å². The van der Waals surface area contributed by atoms with Crippen LogP contribution in [-0.4, -0.2) is 25.2 Å². The highest BCUT2D eigenvalue weighted by Crippen LogP contribution is 1.84. The van der Waals surface area contributed by atoms with Gasteiger partial charge in [0.15, 0.2) is 0 Å². The second-order valence-electron chi connectivity index (χ2n) is 2.27. The van der Waals surface area contributed by atoms with Crippen LogP contribution in [0, 0.1) is 0 Å². The summed E-state index contributed by atoms with van der Waals surface area (Å²) in [6, 6.07) is 0. The van der Waals surface area contributed by atoms with Gasteiger partial charge in [-0.2, -0.15) is 0 Å². The Morgan fingerprint density at radius 1 is 1.50 bits per heavy atom. The van der Waals surface area contributed by atoms with E-state index in [0.29, 0.717) is 13.0 Å². The van der Waals surface area contributed by atoms with Crippen LogP contribution in [0.3, 0.4) is 0 Å². The van der Waals surface area contributed by atoms with Crippen molar-refractivity contribution in [3.63, 3.8) is 0 Å². The summed E-state index contributed by atoms with van der Waals surface area (Å²) in [6.45, 7) is 2.37. The zero-order valence-corrected chi connectivity index (χ0v) is 7.13. The Bertz CT molecular complexity index is 159. The van der Waals surface area contributed by atoms with Gasteiger partial charge >= 0.3 is 6.09 Å². The first kappa shape index (κ1) is 10.7. The fraction of sp³-hybridized carbons (Fsp3) is 0.714. The van der Waals surface area contributed by atoms with E-state index in [-0.39, 0.29) is 12.5 Å². The van der Waals surface area contributed by atoms with Gasteiger partial charge in [0.2, 0.25) is 5.91 Å². The number of hydrogen-bond donors (Lipinski definition) is 2. The number of carbonyl (C=O) groups is 2. The third-order valence-corrected chi connectivity index (χ3v) is 1.15. The molecule has 5 nitrogen and oxygen atoms in total. The molecular weight excluding hydrogens is 160 g/mol. The number of carbonyl (C=O) groups excluding carboxylic acids is 2. The largest absolute Gasteiger partial charge is 0.448 e. The maximum absolute atomic E-state index is 10.8.